The van der Waals surface area contributed by atoms with Crippen molar-refractivity contribution in [1.29, 1.82) is 0 Å². The zero-order chi connectivity index (χ0) is 13.4. The maximum atomic E-state index is 13.0. The van der Waals surface area contributed by atoms with E-state index in [4.69, 9.17) is 0 Å². The summed E-state index contributed by atoms with van der Waals surface area (Å²) in [5.41, 5.74) is 3.42. The molecular weight excluding hydrogens is 255 g/mol. The van der Waals surface area contributed by atoms with Gasteiger partial charge in [-0.15, -0.1) is 0 Å². The number of halogens is 7. The fourth-order valence-electron chi connectivity index (χ4n) is 1.13. The highest BCUT2D eigenvalue weighted by atomic mass is 19.4. The molecule has 0 unspecified atom stereocenters. The molecule has 0 spiro atoms. The largest absolute Gasteiger partial charge is 0.455 e. The molecule has 0 amide bonds. The summed E-state index contributed by atoms with van der Waals surface area (Å²) in [7, 11) is 0. The Bertz CT molecular complexity index is 412. The van der Waals surface area contributed by atoms with E-state index in [9.17, 15) is 30.7 Å². The van der Waals surface area contributed by atoms with Crippen LogP contribution in [-0.2, 0) is 0 Å². The van der Waals surface area contributed by atoms with Crippen molar-refractivity contribution in [2.75, 3.05) is 0 Å². The van der Waals surface area contributed by atoms with E-state index in [0.717, 1.165) is 6.07 Å². The van der Waals surface area contributed by atoms with E-state index < -0.39 is 35.3 Å². The van der Waals surface area contributed by atoms with Gasteiger partial charge in [0.1, 0.15) is 6.04 Å². The molecule has 1 aromatic rings. The number of nitrogens with two attached hydrogens (primary N) is 1. The second-order valence-electron chi connectivity index (χ2n) is 3.24. The number of hydrogen-bond donors (Lipinski definition) is 1. The molecular formula is C9H6F7N. The lowest BCUT2D eigenvalue weighted by Crippen LogP contribution is -2.46. The van der Waals surface area contributed by atoms with Crippen LogP contribution in [0.3, 0.4) is 0 Å². The topological polar surface area (TPSA) is 26.0 Å². The molecule has 0 saturated carbocycles. The first-order chi connectivity index (χ1) is 7.59. The lowest BCUT2D eigenvalue weighted by Gasteiger charge is -2.26. The average molecular weight is 261 g/mol. The predicted molar refractivity (Wildman–Crippen MR) is 44.3 cm³/mol. The van der Waals surface area contributed by atoms with Crippen molar-refractivity contribution in [1.82, 2.24) is 0 Å². The zero-order valence-electron chi connectivity index (χ0n) is 8.03. The minimum absolute atomic E-state index is 0.572. The lowest BCUT2D eigenvalue weighted by molar-refractivity contribution is -0.291. The van der Waals surface area contributed by atoms with Crippen LogP contribution < -0.4 is 5.73 Å². The molecule has 1 atom stereocenters. The maximum Gasteiger partial charge on any atom is 0.455 e. The fourth-order valence-corrected chi connectivity index (χ4v) is 1.13. The molecule has 96 valence electrons. The van der Waals surface area contributed by atoms with Crippen LogP contribution in [-0.4, -0.2) is 12.1 Å². The Balaban J connectivity index is 3.22. The highest BCUT2D eigenvalue weighted by Gasteiger charge is 2.62. The molecule has 0 saturated heterocycles. The van der Waals surface area contributed by atoms with Crippen molar-refractivity contribution < 1.29 is 30.7 Å². The molecule has 2 N–H and O–H groups in total. The molecule has 0 aliphatic heterocycles. The van der Waals surface area contributed by atoms with Crippen molar-refractivity contribution in [2.24, 2.45) is 5.73 Å². The smallest absolute Gasteiger partial charge is 0.319 e. The van der Waals surface area contributed by atoms with Crippen LogP contribution in [0.1, 0.15) is 11.6 Å². The highest BCUT2D eigenvalue weighted by Crippen LogP contribution is 2.43. The summed E-state index contributed by atoms with van der Waals surface area (Å²) in [4.78, 5) is 0. The molecule has 0 bridgehead atoms. The summed E-state index contributed by atoms with van der Waals surface area (Å²) in [6, 6.07) is -1.06. The molecule has 17 heavy (non-hydrogen) atoms. The second kappa shape index (κ2) is 4.17. The fraction of sp³-hybridized carbons (Fsp3) is 0.333. The molecule has 1 rings (SSSR count). The van der Waals surface area contributed by atoms with Crippen LogP contribution in [0.25, 0.3) is 0 Å². The van der Waals surface area contributed by atoms with Gasteiger partial charge in [0, 0.05) is 5.56 Å². The van der Waals surface area contributed by atoms with Gasteiger partial charge >= 0.3 is 12.1 Å². The Labute approximate surface area is 91.0 Å². The van der Waals surface area contributed by atoms with Gasteiger partial charge in [-0.1, -0.05) is 12.1 Å². The minimum Gasteiger partial charge on any atom is -0.319 e. The first kappa shape index (κ1) is 13.8. The molecule has 0 aromatic heterocycles. The molecule has 1 nitrogen and oxygen atoms in total. The van der Waals surface area contributed by atoms with E-state index in [1.54, 1.807) is 0 Å². The van der Waals surface area contributed by atoms with Gasteiger partial charge < -0.3 is 5.73 Å². The van der Waals surface area contributed by atoms with Crippen molar-refractivity contribution >= 4 is 0 Å². The van der Waals surface area contributed by atoms with Gasteiger partial charge in [0.05, 0.1) is 0 Å². The van der Waals surface area contributed by atoms with Gasteiger partial charge in [-0.3, -0.25) is 0 Å². The summed E-state index contributed by atoms with van der Waals surface area (Å²) in [6.07, 6.45) is -5.94. The lowest BCUT2D eigenvalue weighted by atomic mass is 10.0. The van der Waals surface area contributed by atoms with E-state index >= 15 is 0 Å². The third-order valence-electron chi connectivity index (χ3n) is 2.09. The van der Waals surface area contributed by atoms with E-state index in [2.05, 4.69) is 5.73 Å². The van der Waals surface area contributed by atoms with E-state index in [1.807, 2.05) is 0 Å². The maximum absolute atomic E-state index is 13.0. The van der Waals surface area contributed by atoms with Gasteiger partial charge in [-0.25, -0.2) is 8.78 Å². The molecule has 0 aliphatic rings. The standard InChI is InChI=1S/C9H6F7N/c10-5-3-1-2-4(6(5)11)7(17)8(12,13)9(14,15)16/h1-3,7H,17H2/t7-/m1/s1. The van der Waals surface area contributed by atoms with Crippen molar-refractivity contribution in [2.45, 2.75) is 18.1 Å². The summed E-state index contributed by atoms with van der Waals surface area (Å²) < 4.78 is 87.1. The Morgan fingerprint density at radius 3 is 2.00 bits per heavy atom. The average Bonchev–Trinajstić information content (AvgIpc) is 2.19. The normalized spacial score (nSPS) is 14.8. The second-order valence-corrected chi connectivity index (χ2v) is 3.24. The Kier molecular flexibility index (Phi) is 3.37. The first-order valence-corrected chi connectivity index (χ1v) is 4.23. The molecule has 0 heterocycles. The summed E-state index contributed by atoms with van der Waals surface area (Å²) >= 11 is 0. The molecule has 8 heteroatoms. The van der Waals surface area contributed by atoms with Crippen LogP contribution in [0, 0.1) is 11.6 Å². The number of rotatable bonds is 2. The van der Waals surface area contributed by atoms with E-state index in [-0.39, 0.29) is 0 Å². The van der Waals surface area contributed by atoms with Gasteiger partial charge in [-0.2, -0.15) is 22.0 Å². The molecule has 0 radical (unpaired) electrons. The van der Waals surface area contributed by atoms with Gasteiger partial charge in [0.25, 0.3) is 0 Å². The quantitative estimate of drug-likeness (QED) is 0.813. The third-order valence-corrected chi connectivity index (χ3v) is 2.09. The zero-order valence-corrected chi connectivity index (χ0v) is 8.03. The summed E-state index contributed by atoms with van der Waals surface area (Å²) in [6.45, 7) is 0. The minimum atomic E-state index is -5.94. The van der Waals surface area contributed by atoms with Gasteiger partial charge in [-0.05, 0) is 6.07 Å². The number of hydrogen-bond acceptors (Lipinski definition) is 1. The first-order valence-electron chi connectivity index (χ1n) is 4.23. The van der Waals surface area contributed by atoms with Crippen LogP contribution >= 0.6 is 0 Å². The van der Waals surface area contributed by atoms with Gasteiger partial charge in [0.2, 0.25) is 0 Å². The number of alkyl halides is 5. The van der Waals surface area contributed by atoms with Crippen molar-refractivity contribution in [3.8, 4) is 0 Å². The van der Waals surface area contributed by atoms with Gasteiger partial charge in [0.15, 0.2) is 11.6 Å². The monoisotopic (exact) mass is 261 g/mol. The summed E-state index contributed by atoms with van der Waals surface area (Å²) in [5.74, 6) is -8.71. The number of benzene rings is 1. The van der Waals surface area contributed by atoms with E-state index in [0.29, 0.717) is 12.1 Å². The SMILES string of the molecule is N[C@H](c1cccc(F)c1F)C(F)(F)C(F)(F)F. The molecule has 0 aliphatic carbocycles. The highest BCUT2D eigenvalue weighted by molar-refractivity contribution is 5.24. The molecule has 0 fully saturated rings. The van der Waals surface area contributed by atoms with Crippen LogP contribution in [0.15, 0.2) is 18.2 Å². The predicted octanol–water partition coefficient (Wildman–Crippen LogP) is 3.16. The van der Waals surface area contributed by atoms with Crippen LogP contribution in [0.4, 0.5) is 30.7 Å². The van der Waals surface area contributed by atoms with Crippen LogP contribution in [0.5, 0.6) is 0 Å². The Hall–Kier alpha value is -1.31. The van der Waals surface area contributed by atoms with Crippen molar-refractivity contribution in [3.63, 3.8) is 0 Å². The molecule has 1 aromatic carbocycles. The van der Waals surface area contributed by atoms with Crippen LogP contribution in [0.2, 0.25) is 0 Å². The Morgan fingerprint density at radius 2 is 1.53 bits per heavy atom. The Morgan fingerprint density at radius 1 is 1.00 bits per heavy atom. The summed E-state index contributed by atoms with van der Waals surface area (Å²) in [5, 5.41) is 0. The third kappa shape index (κ3) is 2.36. The van der Waals surface area contributed by atoms with Crippen molar-refractivity contribution in [3.05, 3.63) is 35.4 Å². The van der Waals surface area contributed by atoms with E-state index in [1.165, 1.54) is 0 Å².